The first-order valence-corrected chi connectivity index (χ1v) is 7.70. The average molecular weight is 277 g/mol. The van der Waals surface area contributed by atoms with E-state index in [1.807, 2.05) is 18.2 Å². The van der Waals surface area contributed by atoms with Gasteiger partial charge in [-0.2, -0.15) is 0 Å². The zero-order valence-corrected chi connectivity index (χ0v) is 12.2. The first kappa shape index (κ1) is 15.0. The molecule has 1 aromatic rings. The summed E-state index contributed by atoms with van der Waals surface area (Å²) < 4.78 is 0. The molecule has 1 rings (SSSR count). The molecule has 0 heterocycles. The molecule has 0 aliphatic rings. The van der Waals surface area contributed by atoms with E-state index in [2.05, 4.69) is 31.9 Å². The molecule has 0 fully saturated rings. The van der Waals surface area contributed by atoms with E-state index in [1.165, 1.54) is 4.90 Å². The first-order valence-electron chi connectivity index (χ1n) is 5.73. The van der Waals surface area contributed by atoms with Crippen LogP contribution in [0, 0.1) is 0 Å². The van der Waals surface area contributed by atoms with Gasteiger partial charge in [-0.3, -0.25) is 0 Å². The zero-order chi connectivity index (χ0) is 13.4. The highest BCUT2D eigenvalue weighted by Gasteiger charge is 2.07. The number of nitrogen functional groups attached to an aromatic ring is 1. The molecule has 18 heavy (non-hydrogen) atoms. The van der Waals surface area contributed by atoms with Crippen LogP contribution in [0.3, 0.4) is 0 Å². The Labute approximate surface area is 118 Å². The van der Waals surface area contributed by atoms with E-state index in [0.29, 0.717) is 0 Å². The van der Waals surface area contributed by atoms with Gasteiger partial charge in [-0.25, -0.2) is 0 Å². The summed E-state index contributed by atoms with van der Waals surface area (Å²) >= 11 is 3.49. The number of allylic oxidation sites excluding steroid dienone is 1. The largest absolute Gasteiger partial charge is 0.398 e. The van der Waals surface area contributed by atoms with Crippen molar-refractivity contribution in [3.05, 3.63) is 55.7 Å². The number of hydrogen-bond acceptors (Lipinski definition) is 3. The molecular formula is C15H19NS2. The monoisotopic (exact) mass is 277 g/mol. The normalized spacial score (nSPS) is 10.0. The van der Waals surface area contributed by atoms with Crippen molar-refractivity contribution in [1.82, 2.24) is 0 Å². The molecule has 1 aromatic carbocycles. The van der Waals surface area contributed by atoms with E-state index in [4.69, 9.17) is 5.73 Å². The fourth-order valence-electron chi connectivity index (χ4n) is 1.49. The molecule has 0 aliphatic heterocycles. The quantitative estimate of drug-likeness (QED) is 0.429. The van der Waals surface area contributed by atoms with Crippen molar-refractivity contribution >= 4 is 29.2 Å². The Kier molecular flexibility index (Phi) is 6.76. The second kappa shape index (κ2) is 8.11. The minimum atomic E-state index is 0.802. The van der Waals surface area contributed by atoms with Crippen LogP contribution in [0.15, 0.2) is 59.9 Å². The van der Waals surface area contributed by atoms with Crippen LogP contribution in [-0.2, 0) is 6.42 Å². The van der Waals surface area contributed by atoms with Crippen molar-refractivity contribution in [2.45, 2.75) is 16.2 Å². The summed E-state index contributed by atoms with van der Waals surface area (Å²) in [4.78, 5) is 2.35. The van der Waals surface area contributed by atoms with Crippen molar-refractivity contribution < 1.29 is 0 Å². The minimum absolute atomic E-state index is 0.802. The van der Waals surface area contributed by atoms with Crippen molar-refractivity contribution in [1.29, 1.82) is 0 Å². The minimum Gasteiger partial charge on any atom is -0.398 e. The van der Waals surface area contributed by atoms with Crippen LogP contribution in [0.25, 0.3) is 0 Å². The maximum atomic E-state index is 6.18. The third-order valence-corrected chi connectivity index (χ3v) is 4.31. The summed E-state index contributed by atoms with van der Waals surface area (Å²) in [7, 11) is 0. The van der Waals surface area contributed by atoms with Crippen LogP contribution < -0.4 is 5.73 Å². The lowest BCUT2D eigenvalue weighted by Crippen LogP contribution is -1.97. The molecule has 0 aliphatic carbocycles. The number of hydrogen-bond donors (Lipinski definition) is 1. The Morgan fingerprint density at radius 2 is 1.67 bits per heavy atom. The SMILES string of the molecule is C=CCSc1cc(CC=C)c(N)c(SCC=C)c1. The predicted octanol–water partition coefficient (Wildman–Crippen LogP) is 4.55. The van der Waals surface area contributed by atoms with Crippen LogP contribution in [0.4, 0.5) is 5.69 Å². The van der Waals surface area contributed by atoms with Crippen LogP contribution in [-0.4, -0.2) is 11.5 Å². The fraction of sp³-hybridized carbons (Fsp3) is 0.200. The molecule has 0 atom stereocenters. The lowest BCUT2D eigenvalue weighted by atomic mass is 10.1. The molecule has 0 spiro atoms. The maximum Gasteiger partial charge on any atom is 0.0488 e. The van der Waals surface area contributed by atoms with Gasteiger partial charge in [-0.15, -0.1) is 43.3 Å². The van der Waals surface area contributed by atoms with Gasteiger partial charge in [-0.05, 0) is 24.1 Å². The molecule has 0 saturated heterocycles. The molecule has 96 valence electrons. The molecule has 0 aromatic heterocycles. The Bertz CT molecular complexity index is 438. The summed E-state index contributed by atoms with van der Waals surface area (Å²) in [6.45, 7) is 11.3. The van der Waals surface area contributed by atoms with Gasteiger partial charge in [0.2, 0.25) is 0 Å². The second-order valence-electron chi connectivity index (χ2n) is 3.69. The Morgan fingerprint density at radius 3 is 2.28 bits per heavy atom. The zero-order valence-electron chi connectivity index (χ0n) is 10.5. The summed E-state index contributed by atoms with van der Waals surface area (Å²) in [5.74, 6) is 1.77. The summed E-state index contributed by atoms with van der Waals surface area (Å²) in [5, 5.41) is 0. The number of thioether (sulfide) groups is 2. The first-order chi connectivity index (χ1) is 8.72. The van der Waals surface area contributed by atoms with Gasteiger partial charge in [0.05, 0.1) is 0 Å². The average Bonchev–Trinajstić information content (AvgIpc) is 2.38. The van der Waals surface area contributed by atoms with Crippen LogP contribution in [0.1, 0.15) is 5.56 Å². The predicted molar refractivity (Wildman–Crippen MR) is 86.6 cm³/mol. The summed E-state index contributed by atoms with van der Waals surface area (Å²) in [6.07, 6.45) is 6.48. The van der Waals surface area contributed by atoms with Crippen molar-refractivity contribution in [2.24, 2.45) is 0 Å². The lowest BCUT2D eigenvalue weighted by Gasteiger charge is -2.12. The van der Waals surface area contributed by atoms with E-state index < -0.39 is 0 Å². The maximum absolute atomic E-state index is 6.18. The molecule has 0 amide bonds. The van der Waals surface area contributed by atoms with Crippen molar-refractivity contribution in [3.8, 4) is 0 Å². The smallest absolute Gasteiger partial charge is 0.0488 e. The van der Waals surface area contributed by atoms with Gasteiger partial charge < -0.3 is 5.73 Å². The van der Waals surface area contributed by atoms with Gasteiger partial charge in [0.1, 0.15) is 0 Å². The highest BCUT2D eigenvalue weighted by atomic mass is 32.2. The van der Waals surface area contributed by atoms with Crippen molar-refractivity contribution in [3.63, 3.8) is 0 Å². The molecule has 0 radical (unpaired) electrons. The number of nitrogens with two attached hydrogens (primary N) is 1. The van der Waals surface area contributed by atoms with E-state index in [9.17, 15) is 0 Å². The topological polar surface area (TPSA) is 26.0 Å². The molecule has 1 nitrogen and oxygen atoms in total. The van der Waals surface area contributed by atoms with E-state index >= 15 is 0 Å². The lowest BCUT2D eigenvalue weighted by molar-refractivity contribution is 1.20. The summed E-state index contributed by atoms with van der Waals surface area (Å²) in [5.41, 5.74) is 8.18. The highest BCUT2D eigenvalue weighted by molar-refractivity contribution is 8.00. The third-order valence-electron chi connectivity index (χ3n) is 2.29. The Balaban J connectivity index is 3.04. The van der Waals surface area contributed by atoms with E-state index in [1.54, 1.807) is 23.5 Å². The Morgan fingerprint density at radius 1 is 1.00 bits per heavy atom. The van der Waals surface area contributed by atoms with Crippen LogP contribution in [0.5, 0.6) is 0 Å². The molecule has 2 N–H and O–H groups in total. The van der Waals surface area contributed by atoms with E-state index in [-0.39, 0.29) is 0 Å². The molecule has 0 unspecified atom stereocenters. The highest BCUT2D eigenvalue weighted by Crippen LogP contribution is 2.33. The number of anilines is 1. The molecule has 3 heteroatoms. The van der Waals surface area contributed by atoms with Gasteiger partial charge >= 0.3 is 0 Å². The third kappa shape index (κ3) is 4.31. The van der Waals surface area contributed by atoms with Gasteiger partial charge in [0.15, 0.2) is 0 Å². The molecule has 0 saturated carbocycles. The number of rotatable bonds is 8. The van der Waals surface area contributed by atoms with Crippen LogP contribution >= 0.6 is 23.5 Å². The van der Waals surface area contributed by atoms with Crippen molar-refractivity contribution in [2.75, 3.05) is 17.2 Å². The van der Waals surface area contributed by atoms with Crippen LogP contribution in [0.2, 0.25) is 0 Å². The van der Waals surface area contributed by atoms with Gasteiger partial charge in [-0.1, -0.05) is 18.2 Å². The standard InChI is InChI=1S/C15H19NS2/c1-4-7-12-10-13(17-8-5-2)11-14(15(12)16)18-9-6-3/h4-6,10-11H,1-3,7-9,16H2. The van der Waals surface area contributed by atoms with E-state index in [0.717, 1.165) is 34.1 Å². The Hall–Kier alpha value is -1.06. The molecule has 0 bridgehead atoms. The van der Waals surface area contributed by atoms with Gasteiger partial charge in [0.25, 0.3) is 0 Å². The number of benzene rings is 1. The fourth-order valence-corrected chi connectivity index (χ4v) is 3.09. The molecular weight excluding hydrogens is 258 g/mol. The summed E-state index contributed by atoms with van der Waals surface area (Å²) in [6, 6.07) is 4.29. The van der Waals surface area contributed by atoms with Gasteiger partial charge in [0, 0.05) is 27.0 Å². The second-order valence-corrected chi connectivity index (χ2v) is 5.84.